The fourth-order valence-electron chi connectivity index (χ4n) is 2.09. The second-order valence-electron chi connectivity index (χ2n) is 4.55. The maximum absolute atomic E-state index is 11.9. The SMILES string of the molecule is Cc1ccc(S(=O)(=O)NCC2CCC(O)C2)s1. The average molecular weight is 275 g/mol. The molecule has 2 rings (SSSR count). The molecule has 4 nitrogen and oxygen atoms in total. The van der Waals surface area contributed by atoms with Crippen LogP contribution >= 0.6 is 11.3 Å². The van der Waals surface area contributed by atoms with Gasteiger partial charge in [0.1, 0.15) is 4.21 Å². The van der Waals surface area contributed by atoms with E-state index in [1.165, 1.54) is 11.3 Å². The van der Waals surface area contributed by atoms with Crippen LogP contribution in [-0.2, 0) is 10.0 Å². The van der Waals surface area contributed by atoms with Crippen molar-refractivity contribution in [1.29, 1.82) is 0 Å². The Hall–Kier alpha value is -0.430. The lowest BCUT2D eigenvalue weighted by molar-refractivity contribution is 0.178. The predicted octanol–water partition coefficient (Wildman–Crippen LogP) is 1.50. The van der Waals surface area contributed by atoms with Crippen LogP contribution in [0.3, 0.4) is 0 Å². The molecule has 2 N–H and O–H groups in total. The van der Waals surface area contributed by atoms with E-state index in [-0.39, 0.29) is 12.0 Å². The molecule has 0 saturated heterocycles. The zero-order valence-electron chi connectivity index (χ0n) is 9.72. The summed E-state index contributed by atoms with van der Waals surface area (Å²) in [4.78, 5) is 0.988. The second-order valence-corrected chi connectivity index (χ2v) is 7.83. The van der Waals surface area contributed by atoms with E-state index in [0.29, 0.717) is 17.2 Å². The molecule has 0 spiro atoms. The van der Waals surface area contributed by atoms with Crippen LogP contribution < -0.4 is 4.72 Å². The highest BCUT2D eigenvalue weighted by molar-refractivity contribution is 7.91. The van der Waals surface area contributed by atoms with E-state index >= 15 is 0 Å². The van der Waals surface area contributed by atoms with Crippen molar-refractivity contribution >= 4 is 21.4 Å². The molecule has 1 aliphatic carbocycles. The molecule has 0 bridgehead atoms. The van der Waals surface area contributed by atoms with Gasteiger partial charge in [0.15, 0.2) is 0 Å². The van der Waals surface area contributed by atoms with Crippen molar-refractivity contribution < 1.29 is 13.5 Å². The van der Waals surface area contributed by atoms with Gasteiger partial charge in [0.25, 0.3) is 0 Å². The Kier molecular flexibility index (Phi) is 3.87. The first kappa shape index (κ1) is 13.0. The van der Waals surface area contributed by atoms with E-state index in [1.54, 1.807) is 12.1 Å². The monoisotopic (exact) mass is 275 g/mol. The van der Waals surface area contributed by atoms with Gasteiger partial charge in [-0.05, 0) is 44.2 Å². The molecule has 2 atom stereocenters. The van der Waals surface area contributed by atoms with Gasteiger partial charge in [-0.25, -0.2) is 13.1 Å². The number of aryl methyl sites for hydroxylation is 1. The van der Waals surface area contributed by atoms with Gasteiger partial charge in [-0.3, -0.25) is 0 Å². The molecule has 0 aliphatic heterocycles. The van der Waals surface area contributed by atoms with E-state index in [0.717, 1.165) is 17.7 Å². The molecule has 1 heterocycles. The van der Waals surface area contributed by atoms with Crippen LogP contribution in [0.15, 0.2) is 16.3 Å². The number of nitrogens with one attached hydrogen (secondary N) is 1. The first-order valence-electron chi connectivity index (χ1n) is 5.71. The molecule has 1 saturated carbocycles. The Morgan fingerprint density at radius 3 is 2.76 bits per heavy atom. The highest BCUT2D eigenvalue weighted by atomic mass is 32.2. The first-order chi connectivity index (χ1) is 7.97. The van der Waals surface area contributed by atoms with Crippen molar-refractivity contribution in [3.05, 3.63) is 17.0 Å². The third-order valence-electron chi connectivity index (χ3n) is 3.06. The quantitative estimate of drug-likeness (QED) is 0.875. The summed E-state index contributed by atoms with van der Waals surface area (Å²) in [6.07, 6.45) is 2.12. The molecule has 1 aliphatic rings. The molecule has 0 amide bonds. The highest BCUT2D eigenvalue weighted by Crippen LogP contribution is 2.26. The van der Waals surface area contributed by atoms with Gasteiger partial charge < -0.3 is 5.11 Å². The Labute approximate surface area is 106 Å². The predicted molar refractivity (Wildman–Crippen MR) is 67.6 cm³/mol. The number of aliphatic hydroxyl groups is 1. The Bertz CT molecular complexity index is 481. The third-order valence-corrected chi connectivity index (χ3v) is 5.97. The topological polar surface area (TPSA) is 66.4 Å². The van der Waals surface area contributed by atoms with Crippen LogP contribution in [0, 0.1) is 12.8 Å². The minimum absolute atomic E-state index is 0.256. The number of hydrogen-bond acceptors (Lipinski definition) is 4. The van der Waals surface area contributed by atoms with E-state index < -0.39 is 10.0 Å². The minimum Gasteiger partial charge on any atom is -0.393 e. The molecule has 17 heavy (non-hydrogen) atoms. The number of aliphatic hydroxyl groups excluding tert-OH is 1. The van der Waals surface area contributed by atoms with Gasteiger partial charge >= 0.3 is 0 Å². The number of hydrogen-bond donors (Lipinski definition) is 2. The van der Waals surface area contributed by atoms with Crippen molar-refractivity contribution in [1.82, 2.24) is 4.72 Å². The summed E-state index contributed by atoms with van der Waals surface area (Å²) in [5.74, 6) is 0.265. The lowest BCUT2D eigenvalue weighted by atomic mass is 10.1. The summed E-state index contributed by atoms with van der Waals surface area (Å²) < 4.78 is 26.8. The average Bonchev–Trinajstić information content (AvgIpc) is 2.85. The van der Waals surface area contributed by atoms with Gasteiger partial charge in [-0.1, -0.05) is 0 Å². The fraction of sp³-hybridized carbons (Fsp3) is 0.636. The lowest BCUT2D eigenvalue weighted by Crippen LogP contribution is -2.28. The van der Waals surface area contributed by atoms with Crippen molar-refractivity contribution in [3.8, 4) is 0 Å². The summed E-state index contributed by atoms with van der Waals surface area (Å²) in [5.41, 5.74) is 0. The summed E-state index contributed by atoms with van der Waals surface area (Å²) >= 11 is 1.28. The normalized spacial score (nSPS) is 25.3. The van der Waals surface area contributed by atoms with Gasteiger partial charge in [-0.15, -0.1) is 11.3 Å². The fourth-order valence-corrected chi connectivity index (χ4v) is 4.53. The molecule has 0 aromatic carbocycles. The molecule has 6 heteroatoms. The number of thiophene rings is 1. The van der Waals surface area contributed by atoms with Crippen LogP contribution in [0.5, 0.6) is 0 Å². The zero-order valence-corrected chi connectivity index (χ0v) is 11.4. The van der Waals surface area contributed by atoms with E-state index in [4.69, 9.17) is 0 Å². The highest BCUT2D eigenvalue weighted by Gasteiger charge is 2.25. The van der Waals surface area contributed by atoms with E-state index in [2.05, 4.69) is 4.72 Å². The number of sulfonamides is 1. The third kappa shape index (κ3) is 3.28. The zero-order chi connectivity index (χ0) is 12.5. The van der Waals surface area contributed by atoms with Crippen molar-refractivity contribution in [2.45, 2.75) is 36.5 Å². The van der Waals surface area contributed by atoms with Crippen LogP contribution in [0.2, 0.25) is 0 Å². The molecule has 1 aromatic rings. The summed E-state index contributed by atoms with van der Waals surface area (Å²) in [5, 5.41) is 9.37. The van der Waals surface area contributed by atoms with Crippen LogP contribution in [-0.4, -0.2) is 26.2 Å². The maximum atomic E-state index is 11.9. The van der Waals surface area contributed by atoms with Gasteiger partial charge in [0.2, 0.25) is 10.0 Å². The van der Waals surface area contributed by atoms with E-state index in [1.807, 2.05) is 6.92 Å². The molecule has 1 aromatic heterocycles. The molecule has 96 valence electrons. The van der Waals surface area contributed by atoms with Gasteiger partial charge in [-0.2, -0.15) is 0 Å². The largest absolute Gasteiger partial charge is 0.393 e. The smallest absolute Gasteiger partial charge is 0.250 e. The van der Waals surface area contributed by atoms with Crippen LogP contribution in [0.1, 0.15) is 24.1 Å². The Morgan fingerprint density at radius 2 is 2.24 bits per heavy atom. The summed E-state index contributed by atoms with van der Waals surface area (Å²) in [6, 6.07) is 3.43. The van der Waals surface area contributed by atoms with Crippen LogP contribution in [0.25, 0.3) is 0 Å². The standard InChI is InChI=1S/C11H17NO3S2/c1-8-2-5-11(16-8)17(14,15)12-7-9-3-4-10(13)6-9/h2,5,9-10,12-13H,3-4,6-7H2,1H3. The lowest BCUT2D eigenvalue weighted by Gasteiger charge is -2.10. The Morgan fingerprint density at radius 1 is 1.47 bits per heavy atom. The maximum Gasteiger partial charge on any atom is 0.250 e. The van der Waals surface area contributed by atoms with Crippen molar-refractivity contribution in [2.24, 2.45) is 5.92 Å². The Balaban J connectivity index is 1.94. The van der Waals surface area contributed by atoms with Gasteiger partial charge in [0.05, 0.1) is 6.10 Å². The van der Waals surface area contributed by atoms with Crippen molar-refractivity contribution in [2.75, 3.05) is 6.54 Å². The molecule has 0 radical (unpaired) electrons. The van der Waals surface area contributed by atoms with Crippen LogP contribution in [0.4, 0.5) is 0 Å². The first-order valence-corrected chi connectivity index (χ1v) is 8.01. The molecule has 2 unspecified atom stereocenters. The van der Waals surface area contributed by atoms with Gasteiger partial charge in [0, 0.05) is 11.4 Å². The molecule has 1 fully saturated rings. The summed E-state index contributed by atoms with van der Waals surface area (Å²) in [6.45, 7) is 2.31. The summed E-state index contributed by atoms with van der Waals surface area (Å²) in [7, 11) is -3.36. The van der Waals surface area contributed by atoms with Crippen molar-refractivity contribution in [3.63, 3.8) is 0 Å². The minimum atomic E-state index is -3.36. The molecular formula is C11H17NO3S2. The number of rotatable bonds is 4. The van der Waals surface area contributed by atoms with E-state index in [9.17, 15) is 13.5 Å². The second kappa shape index (κ2) is 5.06. The molecular weight excluding hydrogens is 258 g/mol.